The second-order valence-corrected chi connectivity index (χ2v) is 5.99. The summed E-state index contributed by atoms with van der Waals surface area (Å²) in [6.07, 6.45) is 0. The number of carbonyl (C=O) groups is 2. The molecule has 2 rings (SSSR count). The fourth-order valence-electron chi connectivity index (χ4n) is 1.58. The molecule has 0 bridgehead atoms. The van der Waals surface area contributed by atoms with Gasteiger partial charge in [-0.25, -0.2) is 9.18 Å². The van der Waals surface area contributed by atoms with Crippen LogP contribution < -0.4 is 0 Å². The number of esters is 1. The van der Waals surface area contributed by atoms with Gasteiger partial charge in [0.05, 0.1) is 28.1 Å². The molecule has 0 saturated heterocycles. The Bertz CT molecular complexity index is 661. The Labute approximate surface area is 133 Å². The van der Waals surface area contributed by atoms with E-state index in [1.807, 2.05) is 0 Å². The van der Waals surface area contributed by atoms with E-state index in [4.69, 9.17) is 16.3 Å². The van der Waals surface area contributed by atoms with Crippen LogP contribution in [0.2, 0.25) is 0 Å². The summed E-state index contributed by atoms with van der Waals surface area (Å²) in [5, 5.41) is 0.0257. The van der Waals surface area contributed by atoms with Crippen LogP contribution in [0, 0.1) is 5.82 Å². The van der Waals surface area contributed by atoms with E-state index in [0.717, 1.165) is 27.8 Å². The Hall–Kier alpha value is -1.31. The lowest BCUT2D eigenvalue weighted by atomic mass is 10.0. The minimum atomic E-state index is -0.843. The average molecular weight is 346 g/mol. The molecule has 4 nitrogen and oxygen atoms in total. The number of ketones is 1. The summed E-state index contributed by atoms with van der Waals surface area (Å²) in [5.41, 5.74) is -0.513. The highest BCUT2D eigenvalue weighted by atomic mass is 35.5. The first-order chi connectivity index (χ1) is 10.1. The summed E-state index contributed by atoms with van der Waals surface area (Å²) in [7, 11) is 2.09. The number of halogens is 2. The maximum Gasteiger partial charge on any atom is 0.343 e. The third-order valence-corrected chi connectivity index (χ3v) is 4.81. The molecule has 110 valence electrons. The highest BCUT2D eigenvalue weighted by Crippen LogP contribution is 2.43. The number of carbonyl (C=O) groups excluding carboxylic acids is 2. The van der Waals surface area contributed by atoms with Gasteiger partial charge in [0.1, 0.15) is 11.4 Å². The Morgan fingerprint density at radius 1 is 1.38 bits per heavy atom. The fraction of sp³-hybridized carbons (Fsp3) is 0.154. The van der Waals surface area contributed by atoms with Gasteiger partial charge in [-0.3, -0.25) is 4.79 Å². The zero-order valence-corrected chi connectivity index (χ0v) is 13.1. The van der Waals surface area contributed by atoms with Crippen molar-refractivity contribution < 1.29 is 18.7 Å². The van der Waals surface area contributed by atoms with Crippen LogP contribution >= 0.6 is 33.4 Å². The zero-order chi connectivity index (χ0) is 15.4. The van der Waals surface area contributed by atoms with Crippen molar-refractivity contribution >= 4 is 50.3 Å². The first-order valence-corrected chi connectivity index (χ1v) is 8.33. The smallest absolute Gasteiger partial charge is 0.343 e. The van der Waals surface area contributed by atoms with Crippen LogP contribution in [0.15, 0.2) is 39.1 Å². The molecule has 0 amide bonds. The molecule has 1 aliphatic heterocycles. The molecule has 0 fully saturated rings. The average Bonchev–Trinajstić information content (AvgIpc) is 2.86. The van der Waals surface area contributed by atoms with Gasteiger partial charge in [-0.1, -0.05) is 23.7 Å². The van der Waals surface area contributed by atoms with Gasteiger partial charge in [0.25, 0.3) is 0 Å². The number of hydrogen-bond donors (Lipinski definition) is 0. The molecular weight excluding hydrogens is 337 g/mol. The third kappa shape index (κ3) is 3.48. The largest absolute Gasteiger partial charge is 0.462 e. The maximum atomic E-state index is 13.8. The van der Waals surface area contributed by atoms with Crippen molar-refractivity contribution in [2.24, 2.45) is 4.40 Å². The van der Waals surface area contributed by atoms with Crippen LogP contribution in [0.3, 0.4) is 0 Å². The predicted molar refractivity (Wildman–Crippen MR) is 82.9 cm³/mol. The fourth-order valence-corrected chi connectivity index (χ4v) is 3.90. The summed E-state index contributed by atoms with van der Waals surface area (Å²) in [4.78, 5) is 24.7. The molecule has 0 N–H and O–H groups in total. The Morgan fingerprint density at radius 3 is 2.67 bits per heavy atom. The number of Topliss-reactive ketones (excluding diaryl/α,β-unsaturated/α-hetero) is 1. The molecule has 0 aliphatic carbocycles. The summed E-state index contributed by atoms with van der Waals surface area (Å²) < 4.78 is 22.5. The first-order valence-electron chi connectivity index (χ1n) is 5.84. The van der Waals surface area contributed by atoms with E-state index >= 15 is 0 Å². The predicted octanol–water partition coefficient (Wildman–Crippen LogP) is 3.77. The molecule has 8 heteroatoms. The molecular formula is C13H9ClFNO3S2. The quantitative estimate of drug-likeness (QED) is 0.158. The van der Waals surface area contributed by atoms with E-state index < -0.39 is 17.6 Å². The molecule has 0 aromatic heterocycles. The summed E-state index contributed by atoms with van der Waals surface area (Å²) in [5.74, 6) is -2.33. The first kappa shape index (κ1) is 16.1. The van der Waals surface area contributed by atoms with E-state index in [1.54, 1.807) is 6.92 Å². The van der Waals surface area contributed by atoms with Crippen LogP contribution in [0.25, 0.3) is 0 Å². The summed E-state index contributed by atoms with van der Waals surface area (Å²) >= 11 is 5.89. The molecule has 0 saturated carbocycles. The monoisotopic (exact) mass is 345 g/mol. The van der Waals surface area contributed by atoms with Crippen molar-refractivity contribution in [2.75, 3.05) is 6.61 Å². The van der Waals surface area contributed by atoms with Gasteiger partial charge in [-0.2, -0.15) is 4.40 Å². The minimum Gasteiger partial charge on any atom is -0.462 e. The van der Waals surface area contributed by atoms with Crippen molar-refractivity contribution in [2.45, 2.75) is 6.92 Å². The van der Waals surface area contributed by atoms with E-state index in [0.29, 0.717) is 0 Å². The van der Waals surface area contributed by atoms with Crippen molar-refractivity contribution in [1.82, 2.24) is 0 Å². The molecule has 0 unspecified atom stereocenters. The lowest BCUT2D eigenvalue weighted by molar-refractivity contribution is -0.138. The Kier molecular flexibility index (Phi) is 5.44. The normalized spacial score (nSPS) is 16.4. The third-order valence-electron chi connectivity index (χ3n) is 2.48. The van der Waals surface area contributed by atoms with Crippen molar-refractivity contribution in [3.63, 3.8) is 0 Å². The molecule has 1 aromatic rings. The highest BCUT2D eigenvalue weighted by Gasteiger charge is 2.31. The van der Waals surface area contributed by atoms with Crippen LogP contribution in [0.5, 0.6) is 0 Å². The van der Waals surface area contributed by atoms with Gasteiger partial charge in [0, 0.05) is 0 Å². The van der Waals surface area contributed by atoms with Crippen molar-refractivity contribution in [1.29, 1.82) is 0 Å². The lowest BCUT2D eigenvalue weighted by Crippen LogP contribution is -2.19. The molecule has 0 atom stereocenters. The van der Waals surface area contributed by atoms with Crippen LogP contribution in [-0.2, 0) is 9.53 Å². The number of allylic oxidation sites excluding steroid dienone is 1. The molecule has 1 aliphatic rings. The Morgan fingerprint density at radius 2 is 2.10 bits per heavy atom. The van der Waals surface area contributed by atoms with Gasteiger partial charge >= 0.3 is 5.97 Å². The number of rotatable bonds is 4. The van der Waals surface area contributed by atoms with E-state index in [2.05, 4.69) is 4.40 Å². The van der Waals surface area contributed by atoms with E-state index in [-0.39, 0.29) is 27.8 Å². The topological polar surface area (TPSA) is 55.7 Å². The van der Waals surface area contributed by atoms with Gasteiger partial charge in [0.15, 0.2) is 5.17 Å². The standard InChI is InChI=1S/C13H9ClFNO3S2/c1-2-19-13(18)9(11-12(14)16-21-20-11)10(17)7-5-3-4-6-8(7)15/h3-6H,2H2,1H3/b11-9+. The van der Waals surface area contributed by atoms with Crippen LogP contribution in [-0.4, -0.2) is 23.5 Å². The van der Waals surface area contributed by atoms with Gasteiger partial charge in [-0.15, -0.1) is 0 Å². The van der Waals surface area contributed by atoms with Gasteiger partial charge in [0.2, 0.25) is 5.78 Å². The SMILES string of the molecule is CCOC(=O)/C(C(=O)c1ccccc1F)=C1/SSN=C1Cl. The summed E-state index contributed by atoms with van der Waals surface area (Å²) in [6.45, 7) is 1.70. The molecule has 0 radical (unpaired) electrons. The maximum absolute atomic E-state index is 13.8. The van der Waals surface area contributed by atoms with E-state index in [1.165, 1.54) is 18.2 Å². The highest BCUT2D eigenvalue weighted by molar-refractivity contribution is 8.78. The number of nitrogens with zero attached hydrogens (tertiary/aromatic N) is 1. The Balaban J connectivity index is 2.51. The number of benzene rings is 1. The van der Waals surface area contributed by atoms with Gasteiger partial charge < -0.3 is 4.74 Å². The second-order valence-electron chi connectivity index (χ2n) is 3.77. The minimum absolute atomic E-state index is 0.0257. The molecule has 1 aromatic carbocycles. The van der Waals surface area contributed by atoms with Crippen LogP contribution in [0.4, 0.5) is 4.39 Å². The van der Waals surface area contributed by atoms with Crippen LogP contribution in [0.1, 0.15) is 17.3 Å². The molecule has 0 spiro atoms. The lowest BCUT2D eigenvalue weighted by Gasteiger charge is -2.09. The molecule has 21 heavy (non-hydrogen) atoms. The number of hydrogen-bond acceptors (Lipinski definition) is 6. The zero-order valence-electron chi connectivity index (χ0n) is 10.8. The van der Waals surface area contributed by atoms with E-state index in [9.17, 15) is 14.0 Å². The molecule has 1 heterocycles. The van der Waals surface area contributed by atoms with Crippen molar-refractivity contribution in [3.05, 3.63) is 46.1 Å². The van der Waals surface area contributed by atoms with Gasteiger partial charge in [-0.05, 0) is 29.9 Å². The summed E-state index contributed by atoms with van der Waals surface area (Å²) in [6, 6.07) is 5.41. The van der Waals surface area contributed by atoms with Crippen molar-refractivity contribution in [3.8, 4) is 0 Å². The second kappa shape index (κ2) is 7.11. The number of ether oxygens (including phenoxy) is 1.